The maximum Gasteiger partial charge on any atom is 0.257 e. The molecular weight excluding hydrogens is 444 g/mol. The molecule has 2 heterocycles. The van der Waals surface area contributed by atoms with Crippen LogP contribution in [0.4, 0.5) is 11.5 Å². The van der Waals surface area contributed by atoms with Crippen LogP contribution in [0.2, 0.25) is 0 Å². The van der Waals surface area contributed by atoms with Crippen molar-refractivity contribution in [2.75, 3.05) is 24.3 Å². The van der Waals surface area contributed by atoms with Gasteiger partial charge in [-0.1, -0.05) is 53.7 Å². The van der Waals surface area contributed by atoms with E-state index < -0.39 is 5.92 Å². The summed E-state index contributed by atoms with van der Waals surface area (Å²) < 4.78 is 0. The molecule has 1 aliphatic heterocycles. The molecular formula is C27H28N4O2S. The van der Waals surface area contributed by atoms with E-state index >= 15 is 0 Å². The third-order valence-electron chi connectivity index (χ3n) is 6.48. The highest BCUT2D eigenvalue weighted by Gasteiger charge is 2.37. The zero-order valence-electron chi connectivity index (χ0n) is 19.6. The van der Waals surface area contributed by atoms with E-state index in [0.717, 1.165) is 29.8 Å². The molecule has 5 rings (SSSR count). The van der Waals surface area contributed by atoms with Gasteiger partial charge in [-0.2, -0.15) is 0 Å². The summed E-state index contributed by atoms with van der Waals surface area (Å²) in [4.78, 5) is 36.2. The fourth-order valence-electron chi connectivity index (χ4n) is 4.64. The number of benzene rings is 2. The Bertz CT molecular complexity index is 1320. The van der Waals surface area contributed by atoms with Gasteiger partial charge in [-0.05, 0) is 43.0 Å². The molecule has 7 heteroatoms. The van der Waals surface area contributed by atoms with E-state index in [-0.39, 0.29) is 11.3 Å². The predicted octanol–water partition coefficient (Wildman–Crippen LogP) is 5.00. The summed E-state index contributed by atoms with van der Waals surface area (Å²) in [5, 5.41) is 3.93. The maximum absolute atomic E-state index is 13.4. The van der Waals surface area contributed by atoms with E-state index in [4.69, 9.17) is 4.98 Å². The summed E-state index contributed by atoms with van der Waals surface area (Å²) in [5.74, 6) is 0.968. The summed E-state index contributed by atoms with van der Waals surface area (Å²) in [6.45, 7) is 2.06. The van der Waals surface area contributed by atoms with Crippen molar-refractivity contribution in [1.82, 2.24) is 9.97 Å². The largest absolute Gasteiger partial charge is 0.378 e. The lowest BCUT2D eigenvalue weighted by Gasteiger charge is -2.33. The van der Waals surface area contributed by atoms with Gasteiger partial charge in [-0.3, -0.25) is 9.59 Å². The molecule has 1 aliphatic carbocycles. The lowest BCUT2D eigenvalue weighted by Crippen LogP contribution is -2.32. The molecule has 174 valence electrons. The summed E-state index contributed by atoms with van der Waals surface area (Å²) in [5.41, 5.74) is 6.32. The Morgan fingerprint density at radius 1 is 1.03 bits per heavy atom. The molecule has 2 N–H and O–H groups in total. The quantitative estimate of drug-likeness (QED) is 0.402. The van der Waals surface area contributed by atoms with Gasteiger partial charge in [0.1, 0.15) is 5.82 Å². The van der Waals surface area contributed by atoms with Crippen LogP contribution in [0.1, 0.15) is 47.4 Å². The minimum Gasteiger partial charge on any atom is -0.378 e. The molecule has 34 heavy (non-hydrogen) atoms. The molecule has 3 aromatic rings. The van der Waals surface area contributed by atoms with Gasteiger partial charge in [-0.15, -0.1) is 0 Å². The summed E-state index contributed by atoms with van der Waals surface area (Å²) >= 11 is 1.50. The van der Waals surface area contributed by atoms with Gasteiger partial charge in [0.25, 0.3) is 5.56 Å². The average molecular weight is 473 g/mol. The van der Waals surface area contributed by atoms with Crippen LogP contribution >= 0.6 is 11.8 Å². The lowest BCUT2D eigenvalue weighted by atomic mass is 9.76. The molecule has 0 bridgehead atoms. The Hall–Kier alpha value is -3.32. The average Bonchev–Trinajstić information content (AvgIpc) is 2.82. The first-order chi connectivity index (χ1) is 16.4. The van der Waals surface area contributed by atoms with Crippen molar-refractivity contribution < 1.29 is 4.79 Å². The van der Waals surface area contributed by atoms with E-state index in [1.807, 2.05) is 43.3 Å². The molecule has 2 aliphatic rings. The van der Waals surface area contributed by atoms with Gasteiger partial charge >= 0.3 is 0 Å². The molecule has 0 saturated heterocycles. The van der Waals surface area contributed by atoms with Crippen LogP contribution in [0.3, 0.4) is 0 Å². The monoisotopic (exact) mass is 472 g/mol. The molecule has 1 atom stereocenters. The van der Waals surface area contributed by atoms with Gasteiger partial charge in [0.05, 0.1) is 5.56 Å². The van der Waals surface area contributed by atoms with Gasteiger partial charge in [-0.25, -0.2) is 4.98 Å². The number of aromatic nitrogens is 2. The number of nitrogens with one attached hydrogen (secondary N) is 2. The number of aryl methyl sites for hydroxylation is 1. The number of aromatic amines is 1. The fourth-order valence-corrected chi connectivity index (χ4v) is 5.46. The van der Waals surface area contributed by atoms with Crippen LogP contribution in [0.5, 0.6) is 0 Å². The minimum absolute atomic E-state index is 0.110. The third-order valence-corrected chi connectivity index (χ3v) is 7.42. The number of ketones is 1. The molecule has 2 aromatic carbocycles. The number of H-pyrrole nitrogens is 1. The van der Waals surface area contributed by atoms with Gasteiger partial charge in [0.2, 0.25) is 0 Å². The van der Waals surface area contributed by atoms with Crippen LogP contribution < -0.4 is 15.8 Å². The first-order valence-corrected chi connectivity index (χ1v) is 12.5. The summed E-state index contributed by atoms with van der Waals surface area (Å²) in [7, 11) is 3.98. The predicted molar refractivity (Wildman–Crippen MR) is 138 cm³/mol. The first-order valence-electron chi connectivity index (χ1n) is 11.5. The van der Waals surface area contributed by atoms with Crippen molar-refractivity contribution in [2.45, 2.75) is 43.0 Å². The van der Waals surface area contributed by atoms with Crippen molar-refractivity contribution in [3.8, 4) is 0 Å². The smallest absolute Gasteiger partial charge is 0.257 e. The number of hydrogen-bond donors (Lipinski definition) is 2. The second-order valence-electron chi connectivity index (χ2n) is 9.12. The third kappa shape index (κ3) is 4.28. The molecule has 0 saturated carbocycles. The highest BCUT2D eigenvalue weighted by molar-refractivity contribution is 7.98. The SMILES string of the molecule is Cc1ccc(CSc2nc3c(c(=O)[nH]2)[C@@H](c2ccc(N(C)C)cc2)C2=C(CCCC2=O)N3)cc1. The second kappa shape index (κ2) is 9.14. The van der Waals surface area contributed by atoms with Crippen LogP contribution in [0.25, 0.3) is 0 Å². The zero-order chi connectivity index (χ0) is 23.8. The number of anilines is 2. The van der Waals surface area contributed by atoms with Gasteiger partial charge in [0, 0.05) is 49.1 Å². The number of carbonyl (C=O) groups excluding carboxylic acids is 1. The molecule has 0 spiro atoms. The number of thioether (sulfide) groups is 1. The first kappa shape index (κ1) is 22.5. The van der Waals surface area contributed by atoms with Gasteiger partial charge < -0.3 is 15.2 Å². The fraction of sp³-hybridized carbons (Fsp3) is 0.296. The Labute approximate surface area is 203 Å². The summed E-state index contributed by atoms with van der Waals surface area (Å²) in [6.07, 6.45) is 2.11. The van der Waals surface area contributed by atoms with E-state index in [1.54, 1.807) is 0 Å². The molecule has 0 amide bonds. The highest BCUT2D eigenvalue weighted by Crippen LogP contribution is 2.43. The van der Waals surface area contributed by atoms with Crippen molar-refractivity contribution in [1.29, 1.82) is 0 Å². The Balaban J connectivity index is 1.54. The molecule has 0 fully saturated rings. The Morgan fingerprint density at radius 2 is 1.76 bits per heavy atom. The number of allylic oxidation sites excluding steroid dienone is 2. The molecule has 1 aromatic heterocycles. The Kier molecular flexibility index (Phi) is 6.04. The van der Waals surface area contributed by atoms with E-state index in [0.29, 0.717) is 34.3 Å². The van der Waals surface area contributed by atoms with Crippen molar-refractivity contribution in [3.63, 3.8) is 0 Å². The highest BCUT2D eigenvalue weighted by atomic mass is 32.2. The number of carbonyl (C=O) groups is 1. The number of nitrogens with zero attached hydrogens (tertiary/aromatic N) is 2. The van der Waals surface area contributed by atoms with E-state index in [9.17, 15) is 9.59 Å². The van der Waals surface area contributed by atoms with Gasteiger partial charge in [0.15, 0.2) is 10.9 Å². The van der Waals surface area contributed by atoms with Crippen LogP contribution in [0.15, 0.2) is 69.8 Å². The van der Waals surface area contributed by atoms with E-state index in [2.05, 4.69) is 41.5 Å². The van der Waals surface area contributed by atoms with Crippen LogP contribution in [-0.4, -0.2) is 29.8 Å². The maximum atomic E-state index is 13.4. The standard InChI is InChI=1S/C27H28N4O2S/c1-16-7-9-17(10-8-16)15-34-27-29-25-24(26(33)30-27)22(18-11-13-19(14-12-18)31(2)3)23-20(28-25)5-4-6-21(23)32/h7-14,22H,4-6,15H2,1-3H3,(H2,28,29,30,33)/t22-/m0/s1. The van der Waals surface area contributed by atoms with Crippen molar-refractivity contribution >= 4 is 29.1 Å². The minimum atomic E-state index is -0.414. The van der Waals surface area contributed by atoms with Crippen LogP contribution in [-0.2, 0) is 10.5 Å². The molecule has 6 nitrogen and oxygen atoms in total. The van der Waals surface area contributed by atoms with Crippen molar-refractivity contribution in [3.05, 3.63) is 92.4 Å². The number of fused-ring (bicyclic) bond motifs is 1. The Morgan fingerprint density at radius 3 is 2.47 bits per heavy atom. The molecule has 0 radical (unpaired) electrons. The lowest BCUT2D eigenvalue weighted by molar-refractivity contribution is -0.116. The number of rotatable bonds is 5. The number of Topliss-reactive ketones (excluding diaryl/α,β-unsaturated/α-hetero) is 1. The zero-order valence-corrected chi connectivity index (χ0v) is 20.5. The number of hydrogen-bond acceptors (Lipinski definition) is 6. The van der Waals surface area contributed by atoms with Crippen LogP contribution in [0, 0.1) is 6.92 Å². The summed E-state index contributed by atoms with van der Waals surface area (Å²) in [6, 6.07) is 16.4. The second-order valence-corrected chi connectivity index (χ2v) is 10.1. The van der Waals surface area contributed by atoms with Crippen molar-refractivity contribution in [2.24, 2.45) is 0 Å². The normalized spacial score (nSPS) is 17.1. The topological polar surface area (TPSA) is 78.1 Å². The van der Waals surface area contributed by atoms with E-state index in [1.165, 1.54) is 22.9 Å². The molecule has 0 unspecified atom stereocenters.